The van der Waals surface area contributed by atoms with Crippen LogP contribution in [0.15, 0.2) is 11.1 Å². The number of allylic oxidation sites excluding steroid dienone is 2. The quantitative estimate of drug-likeness (QED) is 0.616. The zero-order valence-corrected chi connectivity index (χ0v) is 8.31. The minimum Gasteiger partial charge on any atom is -0.295 e. The molecule has 0 heterocycles. The molecule has 0 aliphatic heterocycles. The first-order chi connectivity index (χ1) is 5.69. The fourth-order valence-corrected chi connectivity index (χ4v) is 1.88. The molecule has 0 N–H and O–H groups in total. The summed E-state index contributed by atoms with van der Waals surface area (Å²) in [6.07, 6.45) is 4.13. The standard InChI is InChI=1S/C11H18O/c1-4-9-6-10(5-2)8(3)11(12)7-9/h9H,4-7H2,1-3H3. The molecule has 0 amide bonds. The Morgan fingerprint density at radius 2 is 2.00 bits per heavy atom. The van der Waals surface area contributed by atoms with Crippen molar-refractivity contribution >= 4 is 5.78 Å². The molecule has 12 heavy (non-hydrogen) atoms. The Morgan fingerprint density at radius 1 is 1.33 bits per heavy atom. The van der Waals surface area contributed by atoms with Crippen molar-refractivity contribution in [1.29, 1.82) is 0 Å². The minimum absolute atomic E-state index is 0.380. The highest BCUT2D eigenvalue weighted by Crippen LogP contribution is 2.30. The zero-order chi connectivity index (χ0) is 9.14. The van der Waals surface area contributed by atoms with Crippen molar-refractivity contribution in [2.45, 2.75) is 46.5 Å². The van der Waals surface area contributed by atoms with Gasteiger partial charge in [0, 0.05) is 6.42 Å². The first-order valence-corrected chi connectivity index (χ1v) is 4.90. The predicted octanol–water partition coefficient (Wildman–Crippen LogP) is 3.10. The van der Waals surface area contributed by atoms with E-state index in [4.69, 9.17) is 0 Å². The van der Waals surface area contributed by atoms with Crippen LogP contribution >= 0.6 is 0 Å². The van der Waals surface area contributed by atoms with Crippen LogP contribution in [0.2, 0.25) is 0 Å². The lowest BCUT2D eigenvalue weighted by atomic mass is 9.81. The van der Waals surface area contributed by atoms with Crippen molar-refractivity contribution in [3.63, 3.8) is 0 Å². The number of ketones is 1. The van der Waals surface area contributed by atoms with E-state index < -0.39 is 0 Å². The molecule has 68 valence electrons. The van der Waals surface area contributed by atoms with E-state index in [0.29, 0.717) is 11.7 Å². The molecule has 1 rings (SSSR count). The highest BCUT2D eigenvalue weighted by atomic mass is 16.1. The van der Waals surface area contributed by atoms with Gasteiger partial charge in [-0.2, -0.15) is 0 Å². The Bertz CT molecular complexity index is 213. The van der Waals surface area contributed by atoms with Gasteiger partial charge in [-0.05, 0) is 31.3 Å². The highest BCUT2D eigenvalue weighted by molar-refractivity contribution is 5.96. The summed E-state index contributed by atoms with van der Waals surface area (Å²) in [6, 6.07) is 0. The maximum atomic E-state index is 11.5. The zero-order valence-electron chi connectivity index (χ0n) is 8.31. The molecule has 1 aliphatic carbocycles. The third-order valence-corrected chi connectivity index (χ3v) is 2.96. The van der Waals surface area contributed by atoms with Crippen molar-refractivity contribution in [3.8, 4) is 0 Å². The topological polar surface area (TPSA) is 17.1 Å². The summed E-state index contributed by atoms with van der Waals surface area (Å²) in [5.74, 6) is 1.00. The van der Waals surface area contributed by atoms with Gasteiger partial charge in [0.05, 0.1) is 0 Å². The fraction of sp³-hybridized carbons (Fsp3) is 0.727. The fourth-order valence-electron chi connectivity index (χ4n) is 1.88. The van der Waals surface area contributed by atoms with Crippen molar-refractivity contribution in [3.05, 3.63) is 11.1 Å². The first kappa shape index (κ1) is 9.50. The Kier molecular flexibility index (Phi) is 3.07. The molecule has 1 atom stereocenters. The second-order valence-electron chi connectivity index (χ2n) is 3.69. The minimum atomic E-state index is 0.380. The molecular weight excluding hydrogens is 148 g/mol. The Balaban J connectivity index is 2.80. The van der Waals surface area contributed by atoms with Crippen LogP contribution < -0.4 is 0 Å². The molecular formula is C11H18O. The van der Waals surface area contributed by atoms with E-state index in [0.717, 1.165) is 31.3 Å². The largest absolute Gasteiger partial charge is 0.295 e. The van der Waals surface area contributed by atoms with E-state index >= 15 is 0 Å². The molecule has 1 aliphatic rings. The summed E-state index contributed by atoms with van der Waals surface area (Å²) in [5, 5.41) is 0. The van der Waals surface area contributed by atoms with Crippen LogP contribution in [0.1, 0.15) is 46.5 Å². The lowest BCUT2D eigenvalue weighted by Crippen LogP contribution is -2.17. The van der Waals surface area contributed by atoms with Gasteiger partial charge in [0.15, 0.2) is 5.78 Å². The van der Waals surface area contributed by atoms with Crippen molar-refractivity contribution in [2.24, 2.45) is 5.92 Å². The van der Waals surface area contributed by atoms with Gasteiger partial charge in [-0.15, -0.1) is 0 Å². The van der Waals surface area contributed by atoms with Crippen LogP contribution in [-0.4, -0.2) is 5.78 Å². The van der Waals surface area contributed by atoms with Gasteiger partial charge in [0.25, 0.3) is 0 Å². The van der Waals surface area contributed by atoms with Gasteiger partial charge in [0.2, 0.25) is 0 Å². The summed E-state index contributed by atoms with van der Waals surface area (Å²) in [7, 11) is 0. The summed E-state index contributed by atoms with van der Waals surface area (Å²) >= 11 is 0. The van der Waals surface area contributed by atoms with E-state index in [1.807, 2.05) is 6.92 Å². The van der Waals surface area contributed by atoms with Gasteiger partial charge in [-0.25, -0.2) is 0 Å². The molecule has 1 unspecified atom stereocenters. The molecule has 0 bridgehead atoms. The van der Waals surface area contributed by atoms with E-state index in [1.54, 1.807) is 0 Å². The van der Waals surface area contributed by atoms with Crippen LogP contribution in [0.5, 0.6) is 0 Å². The van der Waals surface area contributed by atoms with E-state index in [1.165, 1.54) is 5.57 Å². The number of carbonyl (C=O) groups excluding carboxylic acids is 1. The molecule has 0 spiro atoms. The lowest BCUT2D eigenvalue weighted by Gasteiger charge is -2.23. The average Bonchev–Trinajstić information content (AvgIpc) is 2.09. The summed E-state index contributed by atoms with van der Waals surface area (Å²) in [5.41, 5.74) is 2.43. The molecule has 0 fully saturated rings. The highest BCUT2D eigenvalue weighted by Gasteiger charge is 2.22. The maximum absolute atomic E-state index is 11.5. The summed E-state index contributed by atoms with van der Waals surface area (Å²) in [6.45, 7) is 6.29. The number of hydrogen-bond acceptors (Lipinski definition) is 1. The normalized spacial score (nSPS) is 24.9. The second-order valence-corrected chi connectivity index (χ2v) is 3.69. The van der Waals surface area contributed by atoms with Crippen LogP contribution in [0.25, 0.3) is 0 Å². The predicted molar refractivity (Wildman–Crippen MR) is 51.0 cm³/mol. The molecule has 0 radical (unpaired) electrons. The average molecular weight is 166 g/mol. The smallest absolute Gasteiger partial charge is 0.158 e. The van der Waals surface area contributed by atoms with Gasteiger partial charge in [-0.3, -0.25) is 4.79 Å². The van der Waals surface area contributed by atoms with Gasteiger partial charge >= 0.3 is 0 Å². The Hall–Kier alpha value is -0.590. The number of hydrogen-bond donors (Lipinski definition) is 0. The van der Waals surface area contributed by atoms with Crippen LogP contribution in [0.4, 0.5) is 0 Å². The Labute approximate surface area is 74.9 Å². The van der Waals surface area contributed by atoms with Crippen molar-refractivity contribution < 1.29 is 4.79 Å². The molecule has 0 saturated heterocycles. The molecule has 1 nitrogen and oxygen atoms in total. The van der Waals surface area contributed by atoms with Gasteiger partial charge in [0.1, 0.15) is 0 Å². The maximum Gasteiger partial charge on any atom is 0.158 e. The van der Waals surface area contributed by atoms with E-state index in [9.17, 15) is 4.79 Å². The second kappa shape index (κ2) is 3.88. The van der Waals surface area contributed by atoms with E-state index in [-0.39, 0.29) is 0 Å². The third-order valence-electron chi connectivity index (χ3n) is 2.96. The molecule has 1 heteroatoms. The number of rotatable bonds is 2. The first-order valence-electron chi connectivity index (χ1n) is 4.90. The molecule has 0 aromatic heterocycles. The SMILES string of the molecule is CCC1=C(C)C(=O)CC(CC)C1. The van der Waals surface area contributed by atoms with Crippen molar-refractivity contribution in [2.75, 3.05) is 0 Å². The lowest BCUT2D eigenvalue weighted by molar-refractivity contribution is -0.117. The van der Waals surface area contributed by atoms with Gasteiger partial charge < -0.3 is 0 Å². The molecule has 0 aromatic carbocycles. The monoisotopic (exact) mass is 166 g/mol. The van der Waals surface area contributed by atoms with Gasteiger partial charge in [-0.1, -0.05) is 25.8 Å². The number of Topliss-reactive ketones (excluding diaryl/α,β-unsaturated/α-hetero) is 1. The summed E-state index contributed by atoms with van der Waals surface area (Å²) in [4.78, 5) is 11.5. The van der Waals surface area contributed by atoms with Crippen LogP contribution in [0.3, 0.4) is 0 Å². The molecule has 0 aromatic rings. The van der Waals surface area contributed by atoms with E-state index in [2.05, 4.69) is 13.8 Å². The van der Waals surface area contributed by atoms with Crippen molar-refractivity contribution in [1.82, 2.24) is 0 Å². The van der Waals surface area contributed by atoms with Crippen LogP contribution in [0, 0.1) is 5.92 Å². The number of carbonyl (C=O) groups is 1. The third kappa shape index (κ3) is 1.77. The summed E-state index contributed by atoms with van der Waals surface area (Å²) < 4.78 is 0. The van der Waals surface area contributed by atoms with Crippen LogP contribution in [-0.2, 0) is 4.79 Å². The Morgan fingerprint density at radius 3 is 2.50 bits per heavy atom. The molecule has 0 saturated carbocycles.